The molecular formula is C31H33FN8O3S. The monoisotopic (exact) mass is 616 g/mol. The van der Waals surface area contributed by atoms with Crippen LogP contribution in [0.15, 0.2) is 30.3 Å². The number of pyridine rings is 1. The molecule has 228 valence electrons. The first-order chi connectivity index (χ1) is 21.1. The van der Waals surface area contributed by atoms with Gasteiger partial charge < -0.3 is 24.5 Å². The van der Waals surface area contributed by atoms with Crippen molar-refractivity contribution in [3.8, 4) is 17.3 Å². The summed E-state index contributed by atoms with van der Waals surface area (Å²) in [5, 5.41) is 27.0. The molecule has 0 atom stereocenters. The number of carbonyl (C=O) groups excluding carboxylic acids is 1. The minimum atomic E-state index is -1.30. The summed E-state index contributed by atoms with van der Waals surface area (Å²) in [6.45, 7) is 8.33. The van der Waals surface area contributed by atoms with Crippen molar-refractivity contribution in [1.82, 2.24) is 24.6 Å². The summed E-state index contributed by atoms with van der Waals surface area (Å²) in [7, 11) is 1.90. The molecule has 3 fully saturated rings. The van der Waals surface area contributed by atoms with Gasteiger partial charge in [0.2, 0.25) is 0 Å². The number of rotatable bonds is 6. The highest BCUT2D eigenvalue weighted by atomic mass is 32.1. The highest BCUT2D eigenvalue weighted by molar-refractivity contribution is 7.16. The molecule has 44 heavy (non-hydrogen) atoms. The van der Waals surface area contributed by atoms with Crippen molar-refractivity contribution in [2.75, 3.05) is 56.2 Å². The molecule has 3 aromatic heterocycles. The highest BCUT2D eigenvalue weighted by Crippen LogP contribution is 2.45. The molecule has 4 aromatic rings. The van der Waals surface area contributed by atoms with Gasteiger partial charge in [0.05, 0.1) is 16.8 Å². The minimum absolute atomic E-state index is 0.0249. The second kappa shape index (κ2) is 10.5. The number of benzene rings is 1. The predicted octanol–water partition coefficient (Wildman–Crippen LogP) is 3.85. The Morgan fingerprint density at radius 2 is 1.89 bits per heavy atom. The predicted molar refractivity (Wildman–Crippen MR) is 164 cm³/mol. The lowest BCUT2D eigenvalue weighted by Gasteiger charge is -2.61. The normalized spacial score (nSPS) is 18.6. The number of amides is 1. The quantitative estimate of drug-likeness (QED) is 0.344. The average Bonchev–Trinajstić information content (AvgIpc) is 3.57. The van der Waals surface area contributed by atoms with Crippen molar-refractivity contribution in [2.45, 2.75) is 38.8 Å². The number of halogens is 1. The SMILES string of the molecule is CCn1nc2nc(C)c(N3CC4(CN(C(=O)C5(O)CCOCC5)C4)C3)cc2c1N(C)c1nc(-c2ccc(F)cc2)c(C#N)s1. The van der Waals surface area contributed by atoms with Gasteiger partial charge in [0.15, 0.2) is 10.8 Å². The Hall–Kier alpha value is -4.12. The molecule has 1 spiro atoms. The fraction of sp³-hybridized carbons (Fsp3) is 0.452. The molecule has 1 aromatic carbocycles. The Kier molecular flexibility index (Phi) is 6.84. The first-order valence-corrected chi connectivity index (χ1v) is 15.6. The number of fused-ring (bicyclic) bond motifs is 1. The lowest BCUT2D eigenvalue weighted by molar-refractivity contribution is -0.174. The molecule has 0 unspecified atom stereocenters. The number of anilines is 3. The lowest BCUT2D eigenvalue weighted by Crippen LogP contribution is -2.75. The molecule has 0 bridgehead atoms. The van der Waals surface area contributed by atoms with Crippen molar-refractivity contribution < 1.29 is 19.0 Å². The van der Waals surface area contributed by atoms with E-state index in [9.17, 15) is 19.6 Å². The second-order valence-electron chi connectivity index (χ2n) is 12.1. The van der Waals surface area contributed by atoms with Gasteiger partial charge in [0, 0.05) is 76.8 Å². The van der Waals surface area contributed by atoms with Crippen molar-refractivity contribution in [3.63, 3.8) is 0 Å². The molecule has 0 aliphatic carbocycles. The number of ether oxygens (including phenoxy) is 1. The maximum atomic E-state index is 13.5. The van der Waals surface area contributed by atoms with Crippen LogP contribution >= 0.6 is 11.3 Å². The highest BCUT2D eigenvalue weighted by Gasteiger charge is 2.56. The molecule has 3 aliphatic heterocycles. The maximum Gasteiger partial charge on any atom is 0.254 e. The summed E-state index contributed by atoms with van der Waals surface area (Å²) < 4.78 is 20.8. The van der Waals surface area contributed by atoms with Crippen LogP contribution in [0.25, 0.3) is 22.3 Å². The average molecular weight is 617 g/mol. The first kappa shape index (κ1) is 28.6. The van der Waals surface area contributed by atoms with Crippen LogP contribution in [0.2, 0.25) is 0 Å². The number of hydrogen-bond donors (Lipinski definition) is 1. The van der Waals surface area contributed by atoms with Crippen LogP contribution in [0.5, 0.6) is 0 Å². The number of nitriles is 1. The molecule has 3 saturated heterocycles. The van der Waals surface area contributed by atoms with E-state index < -0.39 is 5.60 Å². The molecular weight excluding hydrogens is 583 g/mol. The molecule has 1 amide bonds. The fourth-order valence-electron chi connectivity index (χ4n) is 6.70. The van der Waals surface area contributed by atoms with Crippen LogP contribution < -0.4 is 9.80 Å². The molecule has 6 heterocycles. The number of hydrogen-bond acceptors (Lipinski definition) is 10. The summed E-state index contributed by atoms with van der Waals surface area (Å²) in [4.78, 5) is 29.1. The third-order valence-electron chi connectivity index (χ3n) is 9.06. The van der Waals surface area contributed by atoms with Crippen LogP contribution in [0, 0.1) is 29.5 Å². The Morgan fingerprint density at radius 1 is 1.18 bits per heavy atom. The maximum absolute atomic E-state index is 13.5. The van der Waals surface area contributed by atoms with Crippen molar-refractivity contribution >= 4 is 44.9 Å². The number of aromatic nitrogens is 4. The summed E-state index contributed by atoms with van der Waals surface area (Å²) in [5.74, 6) is 0.301. The topological polar surface area (TPSA) is 124 Å². The zero-order valence-corrected chi connectivity index (χ0v) is 25.7. The van der Waals surface area contributed by atoms with Crippen LogP contribution in [0.3, 0.4) is 0 Å². The third kappa shape index (κ3) is 4.60. The van der Waals surface area contributed by atoms with Gasteiger partial charge in [-0.05, 0) is 44.2 Å². The fourth-order valence-corrected chi connectivity index (χ4v) is 7.55. The van der Waals surface area contributed by atoms with Gasteiger partial charge in [-0.15, -0.1) is 0 Å². The summed E-state index contributed by atoms with van der Waals surface area (Å²) in [5.41, 5.74) is 2.45. The Bertz CT molecular complexity index is 1790. The third-order valence-corrected chi connectivity index (χ3v) is 10.1. The number of likely N-dealkylation sites (tertiary alicyclic amines) is 1. The van der Waals surface area contributed by atoms with Crippen molar-refractivity contribution in [3.05, 3.63) is 46.7 Å². The van der Waals surface area contributed by atoms with Crippen LogP contribution in [-0.2, 0) is 16.1 Å². The van der Waals surface area contributed by atoms with Gasteiger partial charge >= 0.3 is 0 Å². The molecule has 0 radical (unpaired) electrons. The number of thiazole rings is 1. The van der Waals surface area contributed by atoms with E-state index in [1.807, 2.05) is 30.5 Å². The number of nitrogens with zero attached hydrogens (tertiary/aromatic N) is 8. The van der Waals surface area contributed by atoms with Gasteiger partial charge in [0.25, 0.3) is 5.91 Å². The molecule has 7 rings (SSSR count). The summed E-state index contributed by atoms with van der Waals surface area (Å²) in [6.07, 6.45) is 0.696. The minimum Gasteiger partial charge on any atom is -0.381 e. The van der Waals surface area contributed by atoms with Crippen molar-refractivity contribution in [2.24, 2.45) is 5.41 Å². The zero-order valence-electron chi connectivity index (χ0n) is 24.9. The Balaban J connectivity index is 1.14. The number of carbonyl (C=O) groups is 1. The van der Waals surface area contributed by atoms with E-state index in [-0.39, 0.29) is 17.1 Å². The van der Waals surface area contributed by atoms with Gasteiger partial charge in [-0.1, -0.05) is 11.3 Å². The first-order valence-electron chi connectivity index (χ1n) is 14.8. The summed E-state index contributed by atoms with van der Waals surface area (Å²) in [6, 6.07) is 10.4. The van der Waals surface area contributed by atoms with E-state index in [2.05, 4.69) is 17.0 Å². The van der Waals surface area contributed by atoms with Gasteiger partial charge in [-0.25, -0.2) is 19.0 Å². The van der Waals surface area contributed by atoms with Gasteiger partial charge in [-0.3, -0.25) is 4.79 Å². The van der Waals surface area contributed by atoms with Crippen LogP contribution in [0.4, 0.5) is 21.0 Å². The largest absolute Gasteiger partial charge is 0.381 e. The van der Waals surface area contributed by atoms with Crippen LogP contribution in [0.1, 0.15) is 30.3 Å². The Morgan fingerprint density at radius 3 is 2.55 bits per heavy atom. The van der Waals surface area contributed by atoms with E-state index >= 15 is 0 Å². The number of aliphatic hydroxyl groups is 1. The van der Waals surface area contributed by atoms with Crippen molar-refractivity contribution in [1.29, 1.82) is 5.26 Å². The van der Waals surface area contributed by atoms with Crippen LogP contribution in [-0.4, -0.2) is 87.7 Å². The molecule has 3 aliphatic rings. The smallest absolute Gasteiger partial charge is 0.254 e. The second-order valence-corrected chi connectivity index (χ2v) is 13.1. The standard InChI is InChI=1S/C31H33FN8O3S/c1-4-40-27(37(3)29-35-25(24(14-33)44-29)20-5-7-21(32)8-6-20)22-13-23(19(2)34-26(22)36-40)38-15-30(16-38)17-39(18-30)28(41)31(42)9-11-43-12-10-31/h5-8,13,42H,4,9-12,15-18H2,1-3H3. The van der Waals surface area contributed by atoms with Gasteiger partial charge in [0.1, 0.15) is 33.9 Å². The molecule has 13 heteroatoms. The zero-order chi connectivity index (χ0) is 30.8. The van der Waals surface area contributed by atoms with E-state index in [1.165, 1.54) is 23.5 Å². The Labute approximate surface area is 258 Å². The number of aryl methyl sites for hydroxylation is 2. The van der Waals surface area contributed by atoms with E-state index in [1.54, 1.807) is 17.0 Å². The molecule has 11 nitrogen and oxygen atoms in total. The van der Waals surface area contributed by atoms with E-state index in [0.29, 0.717) is 72.6 Å². The van der Waals surface area contributed by atoms with E-state index in [0.717, 1.165) is 35.7 Å². The van der Waals surface area contributed by atoms with Gasteiger partial charge in [-0.2, -0.15) is 10.4 Å². The van der Waals surface area contributed by atoms with E-state index in [4.69, 9.17) is 19.8 Å². The summed E-state index contributed by atoms with van der Waals surface area (Å²) >= 11 is 1.28. The lowest BCUT2D eigenvalue weighted by atomic mass is 9.71. The molecule has 0 saturated carbocycles. The molecule has 1 N–H and O–H groups in total.